The molecule has 17 heavy (non-hydrogen) atoms. The van der Waals surface area contributed by atoms with Crippen LogP contribution in [-0.2, 0) is 6.54 Å². The average molecular weight is 253 g/mol. The Hall–Kier alpha value is -0.730. The number of nitrogens with one attached hydrogen (secondary N) is 1. The lowest BCUT2D eigenvalue weighted by Gasteiger charge is -2.34. The minimum atomic E-state index is 0.298. The molecule has 0 aromatic heterocycles. The number of halogens is 1. The maximum atomic E-state index is 5.91. The lowest BCUT2D eigenvalue weighted by molar-refractivity contribution is 0.252. The average Bonchev–Trinajstić information content (AvgIpc) is 2.32. The largest absolute Gasteiger partial charge is 0.398 e. The Morgan fingerprint density at radius 2 is 2.00 bits per heavy atom. The van der Waals surface area contributed by atoms with E-state index in [-0.39, 0.29) is 0 Å². The number of nitrogen functional groups attached to an aromatic ring is 1. The van der Waals surface area contributed by atoms with E-state index in [2.05, 4.69) is 12.2 Å². The van der Waals surface area contributed by atoms with Gasteiger partial charge in [-0.3, -0.25) is 0 Å². The molecule has 1 aromatic carbocycles. The van der Waals surface area contributed by atoms with Crippen LogP contribution in [0.2, 0.25) is 5.02 Å². The van der Waals surface area contributed by atoms with Crippen LogP contribution in [0.1, 0.15) is 44.6 Å². The standard InChI is InChI=1S/C14H21ClN2/c1-14(7-3-2-4-8-14)17-10-11-5-6-12(15)13(16)9-11/h5-6,9,17H,2-4,7-8,10,16H2,1H3. The van der Waals surface area contributed by atoms with E-state index in [1.165, 1.54) is 37.7 Å². The Labute approximate surface area is 109 Å². The van der Waals surface area contributed by atoms with Crippen molar-refractivity contribution in [3.05, 3.63) is 28.8 Å². The van der Waals surface area contributed by atoms with Gasteiger partial charge < -0.3 is 11.1 Å². The van der Waals surface area contributed by atoms with Crippen molar-refractivity contribution in [2.24, 2.45) is 0 Å². The maximum absolute atomic E-state index is 5.91. The first-order valence-corrected chi connectivity index (χ1v) is 6.76. The van der Waals surface area contributed by atoms with Gasteiger partial charge in [-0.05, 0) is 37.5 Å². The van der Waals surface area contributed by atoms with Crippen molar-refractivity contribution in [3.63, 3.8) is 0 Å². The topological polar surface area (TPSA) is 38.0 Å². The third-order valence-electron chi connectivity index (χ3n) is 3.74. The number of rotatable bonds is 3. The highest BCUT2D eigenvalue weighted by Gasteiger charge is 2.25. The summed E-state index contributed by atoms with van der Waals surface area (Å²) in [5.74, 6) is 0. The van der Waals surface area contributed by atoms with E-state index >= 15 is 0 Å². The van der Waals surface area contributed by atoms with Crippen molar-refractivity contribution in [1.82, 2.24) is 5.32 Å². The van der Waals surface area contributed by atoms with Crippen LogP contribution < -0.4 is 11.1 Å². The molecule has 1 aliphatic rings. The van der Waals surface area contributed by atoms with Gasteiger partial charge in [-0.2, -0.15) is 0 Å². The molecule has 1 saturated carbocycles. The lowest BCUT2D eigenvalue weighted by atomic mass is 9.83. The molecule has 0 atom stereocenters. The molecule has 3 heteroatoms. The highest BCUT2D eigenvalue weighted by atomic mass is 35.5. The molecule has 0 aliphatic heterocycles. The number of hydrogen-bond acceptors (Lipinski definition) is 2. The van der Waals surface area contributed by atoms with E-state index in [1.807, 2.05) is 18.2 Å². The summed E-state index contributed by atoms with van der Waals surface area (Å²) in [6.07, 6.45) is 6.61. The number of nitrogens with two attached hydrogens (primary N) is 1. The predicted octanol–water partition coefficient (Wildman–Crippen LogP) is 3.73. The van der Waals surface area contributed by atoms with E-state index in [0.29, 0.717) is 16.2 Å². The monoisotopic (exact) mass is 252 g/mol. The van der Waals surface area contributed by atoms with Gasteiger partial charge in [-0.25, -0.2) is 0 Å². The van der Waals surface area contributed by atoms with E-state index in [4.69, 9.17) is 17.3 Å². The molecule has 1 aliphatic carbocycles. The first-order chi connectivity index (χ1) is 8.09. The van der Waals surface area contributed by atoms with E-state index in [0.717, 1.165) is 6.54 Å². The van der Waals surface area contributed by atoms with Gasteiger partial charge in [0.05, 0.1) is 10.7 Å². The Balaban J connectivity index is 1.94. The van der Waals surface area contributed by atoms with Gasteiger partial charge in [0.15, 0.2) is 0 Å². The van der Waals surface area contributed by atoms with Crippen LogP contribution in [0.4, 0.5) is 5.69 Å². The summed E-state index contributed by atoms with van der Waals surface area (Å²) in [5.41, 5.74) is 7.97. The fraction of sp³-hybridized carbons (Fsp3) is 0.571. The zero-order valence-corrected chi connectivity index (χ0v) is 11.2. The molecule has 0 spiro atoms. The van der Waals surface area contributed by atoms with Crippen molar-refractivity contribution in [2.45, 2.75) is 51.1 Å². The normalized spacial score (nSPS) is 19.2. The molecule has 2 rings (SSSR count). The van der Waals surface area contributed by atoms with E-state index < -0.39 is 0 Å². The molecule has 0 amide bonds. The molecule has 0 saturated heterocycles. The second kappa shape index (κ2) is 5.28. The van der Waals surface area contributed by atoms with Gasteiger partial charge >= 0.3 is 0 Å². The molecular formula is C14H21ClN2. The molecule has 3 N–H and O–H groups in total. The van der Waals surface area contributed by atoms with E-state index in [1.54, 1.807) is 0 Å². The second-order valence-electron chi connectivity index (χ2n) is 5.33. The van der Waals surface area contributed by atoms with Crippen LogP contribution >= 0.6 is 11.6 Å². The summed E-state index contributed by atoms with van der Waals surface area (Å²) < 4.78 is 0. The van der Waals surface area contributed by atoms with Crippen molar-refractivity contribution in [3.8, 4) is 0 Å². The summed E-state index contributed by atoms with van der Waals surface area (Å²) in [6.45, 7) is 3.20. The van der Waals surface area contributed by atoms with Gasteiger partial charge in [0.2, 0.25) is 0 Å². The molecule has 94 valence electrons. The quantitative estimate of drug-likeness (QED) is 0.805. The van der Waals surface area contributed by atoms with Crippen LogP contribution in [0.25, 0.3) is 0 Å². The third-order valence-corrected chi connectivity index (χ3v) is 4.08. The Bertz CT molecular complexity index is 384. The Morgan fingerprint density at radius 3 is 2.65 bits per heavy atom. The minimum Gasteiger partial charge on any atom is -0.398 e. The summed E-state index contributed by atoms with van der Waals surface area (Å²) in [6, 6.07) is 5.87. The second-order valence-corrected chi connectivity index (χ2v) is 5.74. The van der Waals surface area contributed by atoms with Crippen molar-refractivity contribution in [2.75, 3.05) is 5.73 Å². The summed E-state index contributed by atoms with van der Waals surface area (Å²) in [4.78, 5) is 0. The van der Waals surface area contributed by atoms with E-state index in [9.17, 15) is 0 Å². The van der Waals surface area contributed by atoms with Crippen LogP contribution in [-0.4, -0.2) is 5.54 Å². The molecule has 0 bridgehead atoms. The summed E-state index contributed by atoms with van der Waals surface area (Å²) in [5, 5.41) is 4.30. The molecule has 0 heterocycles. The molecule has 0 unspecified atom stereocenters. The number of anilines is 1. The number of hydrogen-bond donors (Lipinski definition) is 2. The Morgan fingerprint density at radius 1 is 1.29 bits per heavy atom. The smallest absolute Gasteiger partial charge is 0.0635 e. The Kier molecular flexibility index (Phi) is 3.95. The van der Waals surface area contributed by atoms with Gasteiger partial charge in [0, 0.05) is 12.1 Å². The predicted molar refractivity (Wildman–Crippen MR) is 74.2 cm³/mol. The van der Waals surface area contributed by atoms with Crippen LogP contribution in [0, 0.1) is 0 Å². The van der Waals surface area contributed by atoms with Gasteiger partial charge in [-0.1, -0.05) is 36.9 Å². The first kappa shape index (κ1) is 12.7. The molecule has 0 radical (unpaired) electrons. The van der Waals surface area contributed by atoms with Crippen LogP contribution in [0.15, 0.2) is 18.2 Å². The fourth-order valence-electron chi connectivity index (χ4n) is 2.53. The first-order valence-electron chi connectivity index (χ1n) is 6.38. The SMILES string of the molecule is CC1(NCc2ccc(Cl)c(N)c2)CCCCC1. The third kappa shape index (κ3) is 3.36. The van der Waals surface area contributed by atoms with Gasteiger partial charge in [0.1, 0.15) is 0 Å². The van der Waals surface area contributed by atoms with Crippen LogP contribution in [0.3, 0.4) is 0 Å². The maximum Gasteiger partial charge on any atom is 0.0635 e. The van der Waals surface area contributed by atoms with Gasteiger partial charge in [-0.15, -0.1) is 0 Å². The van der Waals surface area contributed by atoms with Crippen molar-refractivity contribution >= 4 is 17.3 Å². The number of benzene rings is 1. The molecule has 1 fully saturated rings. The molecular weight excluding hydrogens is 232 g/mol. The zero-order valence-electron chi connectivity index (χ0n) is 10.4. The fourth-order valence-corrected chi connectivity index (χ4v) is 2.65. The molecule has 1 aromatic rings. The minimum absolute atomic E-state index is 0.298. The summed E-state index contributed by atoms with van der Waals surface area (Å²) >= 11 is 5.91. The molecule has 2 nitrogen and oxygen atoms in total. The highest BCUT2D eigenvalue weighted by molar-refractivity contribution is 6.33. The van der Waals surface area contributed by atoms with Crippen LogP contribution in [0.5, 0.6) is 0 Å². The summed E-state index contributed by atoms with van der Waals surface area (Å²) in [7, 11) is 0. The highest BCUT2D eigenvalue weighted by Crippen LogP contribution is 2.28. The van der Waals surface area contributed by atoms with Gasteiger partial charge in [0.25, 0.3) is 0 Å². The zero-order chi connectivity index (χ0) is 12.3. The van der Waals surface area contributed by atoms with Crippen molar-refractivity contribution < 1.29 is 0 Å². The lowest BCUT2D eigenvalue weighted by Crippen LogP contribution is -2.43. The van der Waals surface area contributed by atoms with Crippen molar-refractivity contribution in [1.29, 1.82) is 0 Å².